The highest BCUT2D eigenvalue weighted by atomic mass is 35.5. The molecule has 0 unspecified atom stereocenters. The van der Waals surface area contributed by atoms with Crippen LogP contribution >= 0.6 is 23.4 Å². The van der Waals surface area contributed by atoms with E-state index in [1.54, 1.807) is 24.3 Å². The van der Waals surface area contributed by atoms with Gasteiger partial charge in [0.25, 0.3) is 5.22 Å². The molecule has 2 aromatic rings. The Labute approximate surface area is 141 Å². The Morgan fingerprint density at radius 1 is 1.26 bits per heavy atom. The van der Waals surface area contributed by atoms with E-state index in [0.717, 1.165) is 30.2 Å². The van der Waals surface area contributed by atoms with Gasteiger partial charge in [-0.05, 0) is 37.1 Å². The predicted octanol–water partition coefficient (Wildman–Crippen LogP) is 2.47. The first-order valence-corrected chi connectivity index (χ1v) is 8.29. The van der Waals surface area contributed by atoms with Crippen molar-refractivity contribution in [3.8, 4) is 11.5 Å². The number of rotatable bonds is 5. The van der Waals surface area contributed by atoms with Crippen molar-refractivity contribution in [2.45, 2.75) is 24.1 Å². The summed E-state index contributed by atoms with van der Waals surface area (Å²) in [5, 5.41) is 13.6. The van der Waals surface area contributed by atoms with Gasteiger partial charge in [0.2, 0.25) is 11.8 Å². The molecular weight excluding hydrogens is 340 g/mol. The van der Waals surface area contributed by atoms with Crippen molar-refractivity contribution in [2.24, 2.45) is 0 Å². The van der Waals surface area contributed by atoms with E-state index in [1.165, 1.54) is 0 Å². The number of nitrogens with zero attached hydrogens (tertiary/aromatic N) is 2. The number of hydrogen-bond donors (Lipinski definition) is 2. The smallest absolute Gasteiger partial charge is 0.321 e. The molecule has 3 rings (SSSR count). The Hall–Kier alpha value is -2.06. The van der Waals surface area contributed by atoms with Crippen LogP contribution in [0.4, 0.5) is 4.79 Å². The van der Waals surface area contributed by atoms with Gasteiger partial charge in [-0.2, -0.15) is 0 Å². The molecule has 0 atom stereocenters. The maximum absolute atomic E-state index is 11.6. The van der Waals surface area contributed by atoms with Crippen molar-refractivity contribution in [1.29, 1.82) is 0 Å². The van der Waals surface area contributed by atoms with Crippen LogP contribution in [-0.4, -0.2) is 33.9 Å². The van der Waals surface area contributed by atoms with Crippen molar-refractivity contribution < 1.29 is 14.0 Å². The van der Waals surface area contributed by atoms with Crippen molar-refractivity contribution in [2.75, 3.05) is 5.75 Å². The standard InChI is InChI=1S/C14H13ClN4O3S/c15-9-3-1-8(2-4-9)12-18-19-14(22-12)23-7-11(20)17-13(21)16-10-5-6-10/h1-4,10H,5-7H2,(H2,16,17,20,21). The zero-order valence-corrected chi connectivity index (χ0v) is 13.5. The van der Waals surface area contributed by atoms with Gasteiger partial charge in [0.05, 0.1) is 5.75 Å². The molecule has 1 aromatic heterocycles. The summed E-state index contributed by atoms with van der Waals surface area (Å²) in [5.74, 6) is -0.0594. The van der Waals surface area contributed by atoms with Gasteiger partial charge in [0.15, 0.2) is 0 Å². The van der Waals surface area contributed by atoms with Crippen molar-refractivity contribution in [3.63, 3.8) is 0 Å². The van der Waals surface area contributed by atoms with Gasteiger partial charge >= 0.3 is 6.03 Å². The van der Waals surface area contributed by atoms with Crippen LogP contribution in [-0.2, 0) is 4.79 Å². The van der Waals surface area contributed by atoms with Gasteiger partial charge in [-0.15, -0.1) is 10.2 Å². The number of benzene rings is 1. The molecule has 3 amide bonds. The molecule has 1 heterocycles. The SMILES string of the molecule is O=C(CSc1nnc(-c2ccc(Cl)cc2)o1)NC(=O)NC1CC1. The molecule has 7 nitrogen and oxygen atoms in total. The average Bonchev–Trinajstić information content (AvgIpc) is 3.20. The minimum atomic E-state index is -0.467. The molecular formula is C14H13ClN4O3S. The zero-order chi connectivity index (χ0) is 16.2. The number of urea groups is 1. The molecule has 120 valence electrons. The molecule has 0 aliphatic heterocycles. The monoisotopic (exact) mass is 352 g/mol. The average molecular weight is 353 g/mol. The number of hydrogen-bond acceptors (Lipinski definition) is 6. The van der Waals surface area contributed by atoms with Crippen LogP contribution in [0.15, 0.2) is 33.9 Å². The second-order valence-electron chi connectivity index (χ2n) is 4.96. The van der Waals surface area contributed by atoms with E-state index < -0.39 is 11.9 Å². The lowest BCUT2D eigenvalue weighted by Crippen LogP contribution is -2.41. The largest absolute Gasteiger partial charge is 0.411 e. The second-order valence-corrected chi connectivity index (χ2v) is 6.33. The van der Waals surface area contributed by atoms with Crippen LogP contribution in [0.2, 0.25) is 5.02 Å². The second kappa shape index (κ2) is 7.01. The summed E-state index contributed by atoms with van der Waals surface area (Å²) in [4.78, 5) is 23.1. The number of thioether (sulfide) groups is 1. The molecule has 1 aliphatic rings. The van der Waals surface area contributed by atoms with E-state index in [1.807, 2.05) is 0 Å². The summed E-state index contributed by atoms with van der Waals surface area (Å²) in [6.07, 6.45) is 1.93. The minimum absolute atomic E-state index is 0.0142. The predicted molar refractivity (Wildman–Crippen MR) is 85.2 cm³/mol. The molecule has 2 N–H and O–H groups in total. The van der Waals surface area contributed by atoms with E-state index in [2.05, 4.69) is 20.8 Å². The Kier molecular flexibility index (Phi) is 4.82. The minimum Gasteiger partial charge on any atom is -0.411 e. The summed E-state index contributed by atoms with van der Waals surface area (Å²) in [7, 11) is 0. The summed E-state index contributed by atoms with van der Waals surface area (Å²) < 4.78 is 5.46. The molecule has 23 heavy (non-hydrogen) atoms. The third-order valence-corrected chi connectivity index (χ3v) is 4.06. The number of carbonyl (C=O) groups excluding carboxylic acids is 2. The highest BCUT2D eigenvalue weighted by Crippen LogP contribution is 2.24. The Bertz CT molecular complexity index is 715. The van der Waals surface area contributed by atoms with Gasteiger partial charge < -0.3 is 9.73 Å². The van der Waals surface area contributed by atoms with E-state index in [9.17, 15) is 9.59 Å². The van der Waals surface area contributed by atoms with Crippen LogP contribution in [0.25, 0.3) is 11.5 Å². The number of amides is 3. The molecule has 1 aromatic carbocycles. The van der Waals surface area contributed by atoms with Gasteiger partial charge in [0.1, 0.15) is 0 Å². The maximum Gasteiger partial charge on any atom is 0.321 e. The van der Waals surface area contributed by atoms with Gasteiger partial charge in [-0.1, -0.05) is 23.4 Å². The van der Waals surface area contributed by atoms with Crippen molar-refractivity contribution in [3.05, 3.63) is 29.3 Å². The van der Waals surface area contributed by atoms with Gasteiger partial charge in [-0.25, -0.2) is 4.79 Å². The summed E-state index contributed by atoms with van der Waals surface area (Å²) in [6, 6.07) is 6.71. The number of aromatic nitrogens is 2. The van der Waals surface area contributed by atoms with Crippen LogP contribution in [0.5, 0.6) is 0 Å². The first-order valence-electron chi connectivity index (χ1n) is 6.93. The van der Waals surface area contributed by atoms with Gasteiger partial charge in [0, 0.05) is 16.6 Å². The summed E-state index contributed by atoms with van der Waals surface area (Å²) in [6.45, 7) is 0. The lowest BCUT2D eigenvalue weighted by molar-refractivity contribution is -0.117. The fourth-order valence-electron chi connectivity index (χ4n) is 1.72. The van der Waals surface area contributed by atoms with Crippen LogP contribution < -0.4 is 10.6 Å². The number of carbonyl (C=O) groups is 2. The van der Waals surface area contributed by atoms with E-state index in [0.29, 0.717) is 10.9 Å². The van der Waals surface area contributed by atoms with Crippen molar-refractivity contribution in [1.82, 2.24) is 20.8 Å². The van der Waals surface area contributed by atoms with Crippen LogP contribution in [0.3, 0.4) is 0 Å². The molecule has 1 aliphatic carbocycles. The number of halogens is 1. The van der Waals surface area contributed by atoms with Crippen LogP contribution in [0, 0.1) is 0 Å². The molecule has 0 saturated heterocycles. The first kappa shape index (κ1) is 15.8. The summed E-state index contributed by atoms with van der Waals surface area (Å²) in [5.41, 5.74) is 0.738. The molecule has 9 heteroatoms. The first-order chi connectivity index (χ1) is 11.1. The molecule has 1 fully saturated rings. The molecule has 0 bridgehead atoms. The molecule has 0 spiro atoms. The quantitative estimate of drug-likeness (QED) is 0.802. The third kappa shape index (κ3) is 4.70. The number of nitrogens with one attached hydrogen (secondary N) is 2. The van der Waals surface area contributed by atoms with Gasteiger partial charge in [-0.3, -0.25) is 10.1 Å². The zero-order valence-electron chi connectivity index (χ0n) is 11.9. The topological polar surface area (TPSA) is 97.1 Å². The highest BCUT2D eigenvalue weighted by molar-refractivity contribution is 7.99. The Morgan fingerprint density at radius 3 is 2.70 bits per heavy atom. The normalized spacial score (nSPS) is 13.6. The van der Waals surface area contributed by atoms with E-state index >= 15 is 0 Å². The van der Waals surface area contributed by atoms with E-state index in [4.69, 9.17) is 16.0 Å². The fraction of sp³-hybridized carbons (Fsp3) is 0.286. The Morgan fingerprint density at radius 2 is 2.00 bits per heavy atom. The van der Waals surface area contributed by atoms with Crippen molar-refractivity contribution >= 4 is 35.3 Å². The summed E-state index contributed by atoms with van der Waals surface area (Å²) >= 11 is 6.88. The Balaban J connectivity index is 1.49. The third-order valence-electron chi connectivity index (χ3n) is 2.99. The molecule has 0 radical (unpaired) electrons. The highest BCUT2D eigenvalue weighted by Gasteiger charge is 2.24. The van der Waals surface area contributed by atoms with Crippen LogP contribution in [0.1, 0.15) is 12.8 Å². The van der Waals surface area contributed by atoms with E-state index in [-0.39, 0.29) is 17.0 Å². The molecule has 1 saturated carbocycles. The maximum atomic E-state index is 11.6. The fourth-order valence-corrected chi connectivity index (χ4v) is 2.41. The lowest BCUT2D eigenvalue weighted by atomic mass is 10.2. The lowest BCUT2D eigenvalue weighted by Gasteiger charge is -2.03. The number of imide groups is 1.